The van der Waals surface area contributed by atoms with Crippen molar-refractivity contribution >= 4 is 0 Å². The monoisotopic (exact) mass is 376 g/mol. The van der Waals surface area contributed by atoms with Gasteiger partial charge in [0.2, 0.25) is 0 Å². The number of hydrogen-bond donors (Lipinski definition) is 0. The number of halogens is 2. The molecule has 4 rings (SSSR count). The van der Waals surface area contributed by atoms with Crippen LogP contribution in [0.2, 0.25) is 0 Å². The topological polar surface area (TPSA) is 0 Å². The molecule has 0 atom stereocenters. The highest BCUT2D eigenvalue weighted by molar-refractivity contribution is 5.80. The third-order valence-electron chi connectivity index (χ3n) is 5.71. The molecule has 0 N–H and O–H groups in total. The summed E-state index contributed by atoms with van der Waals surface area (Å²) in [6, 6.07) is 16.7. The molecular formula is C26H26F2. The van der Waals surface area contributed by atoms with Crippen LogP contribution in [0.4, 0.5) is 8.78 Å². The smallest absolute Gasteiger partial charge is 0.126 e. The van der Waals surface area contributed by atoms with E-state index in [1.165, 1.54) is 72.1 Å². The van der Waals surface area contributed by atoms with Gasteiger partial charge in [0.15, 0.2) is 0 Å². The minimum absolute atomic E-state index is 0.539. The molecule has 0 aromatic heterocycles. The van der Waals surface area contributed by atoms with Crippen molar-refractivity contribution < 1.29 is 8.78 Å². The van der Waals surface area contributed by atoms with Crippen molar-refractivity contribution in [3.8, 4) is 22.3 Å². The first-order chi connectivity index (χ1) is 13.6. The molecule has 28 heavy (non-hydrogen) atoms. The van der Waals surface area contributed by atoms with Gasteiger partial charge in [-0.1, -0.05) is 69.0 Å². The van der Waals surface area contributed by atoms with Crippen LogP contribution in [0.25, 0.3) is 22.3 Å². The van der Waals surface area contributed by atoms with Gasteiger partial charge in [-0.05, 0) is 70.3 Å². The SMILES string of the molecule is CCCCCCCc1ccc2c(c1)Cc1cc(-c3cc(F)cc(F)c3)ccc1-2. The second-order valence-electron chi connectivity index (χ2n) is 7.86. The molecule has 3 aromatic carbocycles. The molecule has 0 fully saturated rings. The second-order valence-corrected chi connectivity index (χ2v) is 7.86. The summed E-state index contributed by atoms with van der Waals surface area (Å²) in [5.74, 6) is -1.08. The Kier molecular flexibility index (Phi) is 5.57. The molecule has 0 heterocycles. The van der Waals surface area contributed by atoms with E-state index in [1.54, 1.807) is 0 Å². The van der Waals surface area contributed by atoms with Crippen molar-refractivity contribution in [1.82, 2.24) is 0 Å². The number of benzene rings is 3. The molecule has 0 spiro atoms. The van der Waals surface area contributed by atoms with Crippen LogP contribution in [0.5, 0.6) is 0 Å². The summed E-state index contributed by atoms with van der Waals surface area (Å²) in [5, 5.41) is 0. The van der Waals surface area contributed by atoms with Crippen molar-refractivity contribution in [3.05, 3.63) is 82.9 Å². The largest absolute Gasteiger partial charge is 0.207 e. The Bertz CT molecular complexity index is 967. The Labute approximate surface area is 166 Å². The molecule has 1 aliphatic carbocycles. The van der Waals surface area contributed by atoms with Crippen LogP contribution >= 0.6 is 0 Å². The quantitative estimate of drug-likeness (QED) is 0.290. The van der Waals surface area contributed by atoms with E-state index in [-0.39, 0.29) is 0 Å². The summed E-state index contributed by atoms with van der Waals surface area (Å²) < 4.78 is 27.2. The number of hydrogen-bond acceptors (Lipinski definition) is 0. The van der Waals surface area contributed by atoms with E-state index >= 15 is 0 Å². The number of rotatable bonds is 7. The van der Waals surface area contributed by atoms with E-state index in [0.29, 0.717) is 5.56 Å². The van der Waals surface area contributed by atoms with E-state index in [2.05, 4.69) is 37.3 Å². The van der Waals surface area contributed by atoms with E-state index < -0.39 is 11.6 Å². The van der Waals surface area contributed by atoms with Crippen molar-refractivity contribution in [2.75, 3.05) is 0 Å². The van der Waals surface area contributed by atoms with Gasteiger partial charge in [0.25, 0.3) is 0 Å². The lowest BCUT2D eigenvalue weighted by molar-refractivity contribution is 0.584. The maximum absolute atomic E-state index is 13.6. The van der Waals surface area contributed by atoms with Gasteiger partial charge in [-0.3, -0.25) is 0 Å². The lowest BCUT2D eigenvalue weighted by Crippen LogP contribution is -1.89. The maximum atomic E-state index is 13.6. The van der Waals surface area contributed by atoms with Crippen LogP contribution in [0.15, 0.2) is 54.6 Å². The molecule has 0 amide bonds. The molecule has 0 radical (unpaired) electrons. The Morgan fingerprint density at radius 2 is 1.36 bits per heavy atom. The minimum atomic E-state index is -0.539. The molecule has 0 nitrogen and oxygen atoms in total. The highest BCUT2D eigenvalue weighted by Gasteiger charge is 2.19. The molecular weight excluding hydrogens is 350 g/mol. The van der Waals surface area contributed by atoms with Crippen LogP contribution in [0.3, 0.4) is 0 Å². The first kappa shape index (κ1) is 18.9. The molecule has 0 bridgehead atoms. The van der Waals surface area contributed by atoms with Gasteiger partial charge in [0.05, 0.1) is 0 Å². The Morgan fingerprint density at radius 1 is 0.679 bits per heavy atom. The molecule has 0 saturated heterocycles. The first-order valence-corrected chi connectivity index (χ1v) is 10.4. The van der Waals surface area contributed by atoms with Crippen LogP contribution in [-0.2, 0) is 12.8 Å². The van der Waals surface area contributed by atoms with Crippen LogP contribution < -0.4 is 0 Å². The van der Waals surface area contributed by atoms with Crippen LogP contribution in [0, 0.1) is 11.6 Å². The van der Waals surface area contributed by atoms with Crippen LogP contribution in [0.1, 0.15) is 55.7 Å². The fraction of sp³-hybridized carbons (Fsp3) is 0.308. The molecule has 2 heteroatoms. The molecule has 0 unspecified atom stereocenters. The number of unbranched alkanes of at least 4 members (excludes halogenated alkanes) is 4. The fourth-order valence-electron chi connectivity index (χ4n) is 4.25. The molecule has 3 aromatic rings. The van der Waals surface area contributed by atoms with Gasteiger partial charge in [-0.2, -0.15) is 0 Å². The molecule has 0 aliphatic heterocycles. The first-order valence-electron chi connectivity index (χ1n) is 10.4. The normalized spacial score (nSPS) is 12.1. The second kappa shape index (κ2) is 8.26. The Hall–Kier alpha value is -2.48. The average Bonchev–Trinajstić information content (AvgIpc) is 3.04. The maximum Gasteiger partial charge on any atom is 0.126 e. The predicted octanol–water partition coefficient (Wildman–Crippen LogP) is 7.72. The summed E-state index contributed by atoms with van der Waals surface area (Å²) in [6.45, 7) is 2.24. The van der Waals surface area contributed by atoms with E-state index in [1.807, 2.05) is 6.07 Å². The van der Waals surface area contributed by atoms with Crippen molar-refractivity contribution in [2.24, 2.45) is 0 Å². The Morgan fingerprint density at radius 3 is 2.11 bits per heavy atom. The van der Waals surface area contributed by atoms with E-state index in [0.717, 1.165) is 24.5 Å². The van der Waals surface area contributed by atoms with Gasteiger partial charge in [0, 0.05) is 6.07 Å². The number of fused-ring (bicyclic) bond motifs is 3. The zero-order valence-electron chi connectivity index (χ0n) is 16.4. The van der Waals surface area contributed by atoms with Crippen molar-refractivity contribution in [2.45, 2.75) is 51.9 Å². The highest BCUT2D eigenvalue weighted by Crippen LogP contribution is 2.39. The standard InChI is InChI=1S/C26H26F2/c1-2-3-4-5-6-7-18-8-10-25-21(12-18)14-22-13-19(9-11-26(22)25)20-15-23(27)17-24(28)16-20/h8-13,15-17H,2-7,14H2,1H3. The highest BCUT2D eigenvalue weighted by atomic mass is 19.1. The summed E-state index contributed by atoms with van der Waals surface area (Å²) in [6.07, 6.45) is 8.52. The third kappa shape index (κ3) is 4.01. The average molecular weight is 376 g/mol. The Balaban J connectivity index is 1.52. The zero-order chi connectivity index (χ0) is 19.5. The summed E-state index contributed by atoms with van der Waals surface area (Å²) in [5.41, 5.74) is 7.99. The zero-order valence-corrected chi connectivity index (χ0v) is 16.4. The van der Waals surface area contributed by atoms with E-state index in [9.17, 15) is 8.78 Å². The summed E-state index contributed by atoms with van der Waals surface area (Å²) >= 11 is 0. The van der Waals surface area contributed by atoms with Crippen molar-refractivity contribution in [3.63, 3.8) is 0 Å². The summed E-state index contributed by atoms with van der Waals surface area (Å²) in [7, 11) is 0. The van der Waals surface area contributed by atoms with Gasteiger partial charge in [-0.25, -0.2) is 8.78 Å². The van der Waals surface area contributed by atoms with Crippen LogP contribution in [-0.4, -0.2) is 0 Å². The van der Waals surface area contributed by atoms with E-state index in [4.69, 9.17) is 0 Å². The molecule has 144 valence electrons. The van der Waals surface area contributed by atoms with Gasteiger partial charge < -0.3 is 0 Å². The predicted molar refractivity (Wildman–Crippen MR) is 112 cm³/mol. The molecule has 1 aliphatic rings. The number of aryl methyl sites for hydroxylation is 1. The van der Waals surface area contributed by atoms with Gasteiger partial charge in [-0.15, -0.1) is 0 Å². The van der Waals surface area contributed by atoms with Crippen molar-refractivity contribution in [1.29, 1.82) is 0 Å². The summed E-state index contributed by atoms with van der Waals surface area (Å²) in [4.78, 5) is 0. The van der Waals surface area contributed by atoms with Gasteiger partial charge in [0.1, 0.15) is 11.6 Å². The minimum Gasteiger partial charge on any atom is -0.207 e. The fourth-order valence-corrected chi connectivity index (χ4v) is 4.25. The van der Waals surface area contributed by atoms with Gasteiger partial charge >= 0.3 is 0 Å². The lowest BCUT2D eigenvalue weighted by atomic mass is 9.98. The molecule has 0 saturated carbocycles. The lowest BCUT2D eigenvalue weighted by Gasteiger charge is -2.07. The third-order valence-corrected chi connectivity index (χ3v) is 5.71.